The second-order valence-corrected chi connectivity index (χ2v) is 11.1. The maximum absolute atomic E-state index is 10.7. The highest BCUT2D eigenvalue weighted by atomic mass is 16.7. The molecule has 2 aliphatic rings. The van der Waals surface area contributed by atoms with Gasteiger partial charge < -0.3 is 65.5 Å². The first-order valence-corrected chi connectivity index (χ1v) is 15.1. The number of nitrogens with two attached hydrogens (primary N) is 1. The van der Waals surface area contributed by atoms with Gasteiger partial charge in [0.05, 0.1) is 32.0 Å². The Morgan fingerprint density at radius 1 is 0.791 bits per heavy atom. The van der Waals surface area contributed by atoms with Crippen LogP contribution in [0.5, 0.6) is 0 Å². The van der Waals surface area contributed by atoms with Crippen molar-refractivity contribution in [2.24, 2.45) is 5.73 Å². The van der Waals surface area contributed by atoms with Crippen LogP contribution >= 0.6 is 0 Å². The van der Waals surface area contributed by atoms with Crippen LogP contribution in [0.2, 0.25) is 0 Å². The second kappa shape index (κ2) is 21.1. The summed E-state index contributed by atoms with van der Waals surface area (Å²) in [6, 6.07) is -0.933. The topological polar surface area (TPSA) is 225 Å². The Labute approximate surface area is 265 Å². The van der Waals surface area contributed by atoms with E-state index in [1.807, 2.05) is 0 Å². The summed E-state index contributed by atoms with van der Waals surface area (Å²) >= 11 is 0. The van der Waals surface area contributed by atoms with E-state index in [1.54, 1.807) is 6.08 Å². The lowest BCUT2D eigenvalue weighted by Crippen LogP contribution is -2.64. The highest BCUT2D eigenvalue weighted by molar-refractivity contribution is 4.96. The molecule has 43 heavy (non-hydrogen) atoms. The minimum absolute atomic E-state index is 0.150. The molecule has 13 nitrogen and oxygen atoms in total. The zero-order valence-corrected chi connectivity index (χ0v) is 24.6. The van der Waals surface area contributed by atoms with Crippen LogP contribution in [0.4, 0.5) is 0 Å². The molecule has 2 saturated heterocycles. The molecular weight excluding hydrogens is 566 g/mol. The number of aliphatic hydroxyl groups excluding tert-OH is 8. The fourth-order valence-corrected chi connectivity index (χ4v) is 4.97. The lowest BCUT2D eigenvalue weighted by molar-refractivity contribution is -0.359. The van der Waals surface area contributed by atoms with E-state index in [0.29, 0.717) is 19.3 Å². The fourth-order valence-electron chi connectivity index (χ4n) is 4.97. The van der Waals surface area contributed by atoms with E-state index in [4.69, 9.17) is 34.3 Å². The van der Waals surface area contributed by atoms with Crippen molar-refractivity contribution in [2.45, 2.75) is 157 Å². The summed E-state index contributed by atoms with van der Waals surface area (Å²) in [6.45, 7) is -4.75. The molecule has 0 aromatic carbocycles. The molecule has 0 amide bonds. The first kappa shape index (κ1) is 28.4. The quantitative estimate of drug-likeness (QED) is 0.0581. The van der Waals surface area contributed by atoms with Gasteiger partial charge in [-0.3, -0.25) is 0 Å². The van der Waals surface area contributed by atoms with E-state index in [9.17, 15) is 40.9 Å². The maximum Gasteiger partial charge on any atom is 0.187 e. The predicted octanol–water partition coefficient (Wildman–Crippen LogP) is -0.427. The molecule has 2 rings (SSSR count). The molecule has 2 heterocycles. The van der Waals surface area contributed by atoms with E-state index in [2.05, 4.69) is 0 Å². The summed E-state index contributed by atoms with van der Waals surface area (Å²) in [4.78, 5) is 0. The van der Waals surface area contributed by atoms with Crippen molar-refractivity contribution in [3.63, 3.8) is 0 Å². The van der Waals surface area contributed by atoms with Gasteiger partial charge in [-0.25, -0.2) is 0 Å². The van der Waals surface area contributed by atoms with Crippen molar-refractivity contribution in [1.82, 2.24) is 0 Å². The monoisotopic (exact) mass is 630 g/mol. The number of rotatable bonds is 21. The van der Waals surface area contributed by atoms with Crippen LogP contribution in [0.1, 0.15) is 93.4 Å². The largest absolute Gasteiger partial charge is 0.394 e. The number of unbranched alkanes of at least 4 members (excludes halogenated alkanes) is 8. The number of ether oxygens (including phenoxy) is 4. The highest BCUT2D eigenvalue weighted by Gasteiger charge is 2.50. The van der Waals surface area contributed by atoms with Crippen LogP contribution in [-0.4, -0.2) is 134 Å². The number of allylic oxidation sites excluding steroid dienone is 1. The molecular formula is C30H57NO12. The third kappa shape index (κ3) is 12.5. The van der Waals surface area contributed by atoms with Crippen LogP contribution < -0.4 is 5.73 Å². The maximum atomic E-state index is 10.7. The number of hydrogen-bond donors (Lipinski definition) is 9. The minimum Gasteiger partial charge on any atom is -0.394 e. The lowest BCUT2D eigenvalue weighted by atomic mass is 9.97. The van der Waals surface area contributed by atoms with Gasteiger partial charge in [0, 0.05) is 9.60 Å². The Balaban J connectivity index is 1.65. The Kier molecular flexibility index (Phi) is 14.0. The van der Waals surface area contributed by atoms with Crippen LogP contribution in [0.3, 0.4) is 0 Å². The van der Waals surface area contributed by atoms with Gasteiger partial charge in [0.2, 0.25) is 0 Å². The van der Waals surface area contributed by atoms with E-state index in [-0.39, 0.29) is 13.0 Å². The number of aliphatic hydroxyl groups is 8. The molecule has 0 aromatic heterocycles. The molecule has 0 aromatic rings. The zero-order valence-electron chi connectivity index (χ0n) is 31.6. The van der Waals surface area contributed by atoms with Crippen molar-refractivity contribution in [1.29, 1.82) is 0 Å². The van der Waals surface area contributed by atoms with Gasteiger partial charge in [0.1, 0.15) is 48.8 Å². The second-order valence-electron chi connectivity index (χ2n) is 11.1. The van der Waals surface area contributed by atoms with Crippen LogP contribution in [0, 0.1) is 0 Å². The molecule has 0 unspecified atom stereocenters. The van der Waals surface area contributed by atoms with Gasteiger partial charge in [0.15, 0.2) is 12.6 Å². The summed E-state index contributed by atoms with van der Waals surface area (Å²) in [7, 11) is 0. The summed E-state index contributed by atoms with van der Waals surface area (Å²) in [5.41, 5.74) is 6.02. The van der Waals surface area contributed by atoms with Gasteiger partial charge in [-0.15, -0.1) is 0 Å². The molecule has 13 heteroatoms. The van der Waals surface area contributed by atoms with Gasteiger partial charge in [0.25, 0.3) is 0 Å². The van der Waals surface area contributed by atoms with Crippen molar-refractivity contribution in [3.05, 3.63) is 12.2 Å². The summed E-state index contributed by atoms with van der Waals surface area (Å²) in [5, 5.41) is 81.1. The Morgan fingerprint density at radius 2 is 1.37 bits per heavy atom. The molecule has 0 aliphatic carbocycles. The molecule has 0 radical (unpaired) electrons. The average molecular weight is 631 g/mol. The summed E-state index contributed by atoms with van der Waals surface area (Å²) < 4.78 is 74.6. The van der Waals surface area contributed by atoms with Crippen LogP contribution in [0.15, 0.2) is 12.2 Å². The van der Waals surface area contributed by atoms with Gasteiger partial charge in [-0.1, -0.05) is 83.1 Å². The Bertz CT molecular complexity index is 996. The first-order valence-electron chi connectivity index (χ1n) is 18.6. The van der Waals surface area contributed by atoms with Gasteiger partial charge >= 0.3 is 0 Å². The molecule has 254 valence electrons. The fraction of sp³-hybridized carbons (Fsp3) is 0.933. The molecule has 0 saturated carbocycles. The van der Waals surface area contributed by atoms with E-state index in [0.717, 1.165) is 38.5 Å². The van der Waals surface area contributed by atoms with Crippen molar-refractivity contribution < 1.29 is 69.4 Å². The first-order chi connectivity index (χ1) is 23.3. The standard InChI is InChI=1S/C30H57NO12/c1-2-3-4-5-6-7-8-9-10-11-12-13-14-15-20(34)19(31)18-40-29-27(39)25(37)28(22(17-33)42-29)43-30-26(38)24(36)23(35)21(16-32)41-30/h14-15,19-30,32-39H,2-13,16-18,31H2,1H3/b15-14+/t19-,20+,21+,22+,23-,24-,25+,26+,27+,28+,29+,30-/m0/s1/i1D3,2D2,3D2. The summed E-state index contributed by atoms with van der Waals surface area (Å²) in [5.74, 6) is 0. The SMILES string of the molecule is [2H]C([2H])([2H])C([2H])([2H])C([2H])([2H])CCCCCCCCCC/C=C/[C@@H](O)[C@@H](N)CO[C@@H]1O[C@H](CO)[C@@H](O[C@@H]2O[C@H](CO)[C@H](O)[C@H](O)[C@H]2O)[C@H](O)[C@H]1O. The van der Waals surface area contributed by atoms with Gasteiger partial charge in [-0.05, 0) is 12.8 Å². The van der Waals surface area contributed by atoms with E-state index < -0.39 is 106 Å². The third-order valence-electron chi connectivity index (χ3n) is 7.70. The molecule has 10 N–H and O–H groups in total. The predicted molar refractivity (Wildman–Crippen MR) is 157 cm³/mol. The lowest BCUT2D eigenvalue weighted by Gasteiger charge is -2.46. The average Bonchev–Trinajstić information content (AvgIpc) is 3.05. The third-order valence-corrected chi connectivity index (χ3v) is 7.70. The Hall–Kier alpha value is -0.780. The Morgan fingerprint density at radius 3 is 2.00 bits per heavy atom. The van der Waals surface area contributed by atoms with Crippen molar-refractivity contribution in [3.8, 4) is 0 Å². The van der Waals surface area contributed by atoms with Gasteiger partial charge in [-0.2, -0.15) is 0 Å². The van der Waals surface area contributed by atoms with E-state index >= 15 is 0 Å². The highest BCUT2D eigenvalue weighted by Crippen LogP contribution is 2.29. The van der Waals surface area contributed by atoms with Crippen LogP contribution in [-0.2, 0) is 18.9 Å². The summed E-state index contributed by atoms with van der Waals surface area (Å²) in [6.07, 6.45) is -11.8. The molecule has 0 spiro atoms. The van der Waals surface area contributed by atoms with Crippen LogP contribution in [0.25, 0.3) is 0 Å². The minimum atomic E-state index is -3.02. The molecule has 2 aliphatic heterocycles. The normalized spacial score (nSPS) is 38.3. The zero-order chi connectivity index (χ0) is 37.9. The molecule has 2 fully saturated rings. The number of hydrogen-bond acceptors (Lipinski definition) is 13. The van der Waals surface area contributed by atoms with Crippen molar-refractivity contribution in [2.75, 3.05) is 19.8 Å². The van der Waals surface area contributed by atoms with E-state index in [1.165, 1.54) is 6.08 Å². The smallest absolute Gasteiger partial charge is 0.187 e. The van der Waals surface area contributed by atoms with Crippen molar-refractivity contribution >= 4 is 0 Å². The molecule has 12 atom stereocenters. The molecule has 0 bridgehead atoms.